The molecule has 0 aromatic carbocycles. The van der Waals surface area contributed by atoms with Crippen LogP contribution in [0.3, 0.4) is 0 Å². The van der Waals surface area contributed by atoms with Gasteiger partial charge in [-0.05, 0) is 45.0 Å². The quantitative estimate of drug-likeness (QED) is 0.909. The van der Waals surface area contributed by atoms with E-state index in [0.717, 1.165) is 13.3 Å². The third-order valence-electron chi connectivity index (χ3n) is 2.33. The monoisotopic (exact) mass is 364 g/mol. The van der Waals surface area contributed by atoms with Crippen LogP contribution in [-0.2, 0) is 7.05 Å². The summed E-state index contributed by atoms with van der Waals surface area (Å²) in [5.74, 6) is 0. The van der Waals surface area contributed by atoms with Crippen LogP contribution in [0.2, 0.25) is 0 Å². The van der Waals surface area contributed by atoms with E-state index in [2.05, 4.69) is 53.6 Å². The highest BCUT2D eigenvalue weighted by atomic mass is 79.9. The van der Waals surface area contributed by atoms with Crippen molar-refractivity contribution < 1.29 is 0 Å². The predicted octanol–water partition coefficient (Wildman–Crippen LogP) is 2.71. The lowest BCUT2D eigenvalue weighted by Gasteiger charge is -2.15. The first-order chi connectivity index (χ1) is 7.63. The molecule has 0 fully saturated rings. The zero-order valence-corrected chi connectivity index (χ0v) is 12.7. The van der Waals surface area contributed by atoms with Crippen molar-refractivity contribution in [3.63, 3.8) is 0 Å². The molecule has 1 atom stereocenters. The Labute approximate surface area is 114 Å². The number of thiophene rings is 1. The predicted molar refractivity (Wildman–Crippen MR) is 71.6 cm³/mol. The molecule has 86 valence electrons. The van der Waals surface area contributed by atoms with Crippen LogP contribution in [0.15, 0.2) is 19.8 Å². The van der Waals surface area contributed by atoms with Crippen LogP contribution in [0.25, 0.3) is 0 Å². The first kappa shape index (κ1) is 12.2. The average Bonchev–Trinajstić information content (AvgIpc) is 2.77. The Morgan fingerprint density at radius 2 is 2.25 bits per heavy atom. The zero-order valence-electron chi connectivity index (χ0n) is 8.74. The Kier molecular flexibility index (Phi) is 3.78. The smallest absolute Gasteiger partial charge is 0.0799 e. The third-order valence-corrected chi connectivity index (χ3v) is 4.71. The Balaban J connectivity index is 2.44. The van der Waals surface area contributed by atoms with Crippen LogP contribution in [0.5, 0.6) is 0 Å². The lowest BCUT2D eigenvalue weighted by molar-refractivity contribution is 0.598. The lowest BCUT2D eigenvalue weighted by atomic mass is 10.1. The topological polar surface area (TPSA) is 42.7 Å². The van der Waals surface area contributed by atoms with Crippen LogP contribution in [-0.4, -0.2) is 22.0 Å². The third kappa shape index (κ3) is 2.22. The summed E-state index contributed by atoms with van der Waals surface area (Å²) < 4.78 is 3.99. The van der Waals surface area contributed by atoms with Crippen molar-refractivity contribution in [3.05, 3.63) is 31.1 Å². The van der Waals surface area contributed by atoms with Crippen molar-refractivity contribution in [1.29, 1.82) is 0 Å². The summed E-state index contributed by atoms with van der Waals surface area (Å²) in [6.45, 7) is 0. The first-order valence-corrected chi connectivity index (χ1v) is 7.00. The Morgan fingerprint density at radius 3 is 2.69 bits per heavy atom. The van der Waals surface area contributed by atoms with Crippen molar-refractivity contribution in [2.24, 2.45) is 7.05 Å². The van der Waals surface area contributed by atoms with Crippen molar-refractivity contribution in [3.8, 4) is 0 Å². The largest absolute Gasteiger partial charge is 0.308 e. The maximum atomic E-state index is 3.95. The van der Waals surface area contributed by atoms with E-state index in [1.165, 1.54) is 5.56 Å². The number of nitrogens with one attached hydrogen (secondary N) is 1. The van der Waals surface area contributed by atoms with Crippen LogP contribution < -0.4 is 5.32 Å². The molecule has 0 radical (unpaired) electrons. The van der Waals surface area contributed by atoms with Gasteiger partial charge in [0.25, 0.3) is 0 Å². The second-order valence-corrected chi connectivity index (χ2v) is 7.03. The summed E-state index contributed by atoms with van der Waals surface area (Å²) in [5, 5.41) is 11.1. The minimum atomic E-state index is 0.0944. The molecule has 2 aromatic rings. The number of hydrogen-bond acceptors (Lipinski definition) is 4. The van der Waals surface area contributed by atoms with Crippen LogP contribution >= 0.6 is 43.2 Å². The van der Waals surface area contributed by atoms with Gasteiger partial charge in [-0.2, -0.15) is 0 Å². The molecule has 16 heavy (non-hydrogen) atoms. The molecule has 0 aliphatic rings. The standard InChI is InChI=1S/C9H10Br2N4S/c1-12-8(6-4-13-14-15(6)2)5-3-7(10)16-9(5)11/h3-4,8,12H,1-2H3. The number of rotatable bonds is 3. The van der Waals surface area contributed by atoms with E-state index in [0.29, 0.717) is 0 Å². The molecule has 0 aliphatic carbocycles. The summed E-state index contributed by atoms with van der Waals surface area (Å²) in [5.41, 5.74) is 2.22. The Bertz CT molecular complexity index is 493. The number of halogens is 2. The Hall–Kier alpha value is -0.240. The average molecular weight is 366 g/mol. The van der Waals surface area contributed by atoms with E-state index in [1.54, 1.807) is 22.2 Å². The molecule has 1 N–H and O–H groups in total. The molecule has 0 amide bonds. The normalized spacial score (nSPS) is 13.0. The van der Waals surface area contributed by atoms with Gasteiger partial charge in [-0.15, -0.1) is 16.4 Å². The van der Waals surface area contributed by atoms with Gasteiger partial charge in [0, 0.05) is 12.6 Å². The summed E-state index contributed by atoms with van der Waals surface area (Å²) in [6, 6.07) is 2.19. The van der Waals surface area contributed by atoms with Gasteiger partial charge >= 0.3 is 0 Å². The fourth-order valence-corrected chi connectivity index (χ4v) is 4.47. The van der Waals surface area contributed by atoms with E-state index in [9.17, 15) is 0 Å². The van der Waals surface area contributed by atoms with Crippen molar-refractivity contribution >= 4 is 43.2 Å². The molecular formula is C9H10Br2N4S. The Morgan fingerprint density at radius 1 is 1.50 bits per heavy atom. The molecule has 2 rings (SSSR count). The minimum absolute atomic E-state index is 0.0944. The van der Waals surface area contributed by atoms with E-state index >= 15 is 0 Å². The summed E-state index contributed by atoms with van der Waals surface area (Å²) >= 11 is 8.71. The van der Waals surface area contributed by atoms with E-state index in [1.807, 2.05) is 14.1 Å². The zero-order chi connectivity index (χ0) is 11.7. The maximum absolute atomic E-state index is 3.95. The second kappa shape index (κ2) is 4.95. The van der Waals surface area contributed by atoms with E-state index in [4.69, 9.17) is 0 Å². The molecule has 0 saturated heterocycles. The molecule has 4 nitrogen and oxygen atoms in total. The van der Waals surface area contributed by atoms with E-state index < -0.39 is 0 Å². The van der Waals surface area contributed by atoms with Gasteiger partial charge in [-0.1, -0.05) is 5.21 Å². The van der Waals surface area contributed by atoms with Crippen molar-refractivity contribution in [1.82, 2.24) is 20.3 Å². The molecule has 1 unspecified atom stereocenters. The fraction of sp³-hybridized carbons (Fsp3) is 0.333. The summed E-state index contributed by atoms with van der Waals surface area (Å²) in [6.07, 6.45) is 1.78. The summed E-state index contributed by atoms with van der Waals surface area (Å²) in [4.78, 5) is 0. The van der Waals surface area contributed by atoms with Gasteiger partial charge in [0.2, 0.25) is 0 Å². The van der Waals surface area contributed by atoms with E-state index in [-0.39, 0.29) is 6.04 Å². The van der Waals surface area contributed by atoms with Gasteiger partial charge in [0.05, 0.1) is 25.5 Å². The molecule has 0 aliphatic heterocycles. The number of nitrogens with zero attached hydrogens (tertiary/aromatic N) is 3. The van der Waals surface area contributed by atoms with Crippen molar-refractivity contribution in [2.75, 3.05) is 7.05 Å². The van der Waals surface area contributed by atoms with Crippen LogP contribution in [0.4, 0.5) is 0 Å². The molecule has 2 heterocycles. The van der Waals surface area contributed by atoms with Crippen LogP contribution in [0, 0.1) is 0 Å². The van der Waals surface area contributed by atoms with Gasteiger partial charge in [0.15, 0.2) is 0 Å². The highest BCUT2D eigenvalue weighted by molar-refractivity contribution is 9.12. The SMILES string of the molecule is CNC(c1cc(Br)sc1Br)c1cnnn1C. The van der Waals surface area contributed by atoms with Gasteiger partial charge in [0.1, 0.15) is 0 Å². The molecular weight excluding hydrogens is 356 g/mol. The van der Waals surface area contributed by atoms with Gasteiger partial charge in [-0.3, -0.25) is 4.68 Å². The van der Waals surface area contributed by atoms with Gasteiger partial charge < -0.3 is 5.32 Å². The second-order valence-electron chi connectivity index (χ2n) is 3.28. The lowest BCUT2D eigenvalue weighted by Crippen LogP contribution is -2.20. The number of aromatic nitrogens is 3. The maximum Gasteiger partial charge on any atom is 0.0799 e. The highest BCUT2D eigenvalue weighted by Crippen LogP contribution is 2.37. The summed E-state index contributed by atoms with van der Waals surface area (Å²) in [7, 11) is 3.82. The van der Waals surface area contributed by atoms with Crippen molar-refractivity contribution in [2.45, 2.75) is 6.04 Å². The number of aryl methyl sites for hydroxylation is 1. The van der Waals surface area contributed by atoms with Crippen LogP contribution in [0.1, 0.15) is 17.3 Å². The molecule has 7 heteroatoms. The molecule has 0 saturated carbocycles. The first-order valence-electron chi connectivity index (χ1n) is 4.60. The highest BCUT2D eigenvalue weighted by Gasteiger charge is 2.20. The van der Waals surface area contributed by atoms with Gasteiger partial charge in [-0.25, -0.2) is 0 Å². The number of hydrogen-bond donors (Lipinski definition) is 1. The minimum Gasteiger partial charge on any atom is -0.308 e. The fourth-order valence-electron chi connectivity index (χ4n) is 1.57. The molecule has 0 bridgehead atoms. The molecule has 0 spiro atoms. The molecule has 2 aromatic heterocycles.